The predicted octanol–water partition coefficient (Wildman–Crippen LogP) is 4.49. The number of aromatic nitrogens is 1. The van der Waals surface area contributed by atoms with Crippen LogP contribution in [0.4, 0.5) is 0 Å². The second-order valence-corrected chi connectivity index (χ2v) is 8.68. The van der Waals surface area contributed by atoms with Crippen LogP contribution in [-0.2, 0) is 11.8 Å². The van der Waals surface area contributed by atoms with Gasteiger partial charge in [0, 0.05) is 34.2 Å². The number of fused-ring (bicyclic) bond motifs is 1. The first-order valence-corrected chi connectivity index (χ1v) is 10.3. The van der Waals surface area contributed by atoms with Crippen molar-refractivity contribution in [2.24, 2.45) is 7.05 Å². The lowest BCUT2D eigenvalue weighted by atomic mass is 10.1. The Kier molecular flexibility index (Phi) is 5.09. The fourth-order valence-corrected chi connectivity index (χ4v) is 4.64. The van der Waals surface area contributed by atoms with Crippen LogP contribution in [0.2, 0.25) is 0 Å². The minimum Gasteiger partial charge on any atom is -0.350 e. The van der Waals surface area contributed by atoms with Crippen molar-refractivity contribution in [3.8, 4) is 0 Å². The molecule has 2 amide bonds. The number of hydrogen-bond acceptors (Lipinski definition) is 4. The summed E-state index contributed by atoms with van der Waals surface area (Å²) in [6.07, 6.45) is 3.78. The van der Waals surface area contributed by atoms with Gasteiger partial charge in [0.1, 0.15) is 0 Å². The molecule has 28 heavy (non-hydrogen) atoms. The van der Waals surface area contributed by atoms with Gasteiger partial charge in [0.2, 0.25) is 0 Å². The Morgan fingerprint density at radius 1 is 1.18 bits per heavy atom. The number of thiocarbonyl (C=S) groups is 1. The number of nitrogens with zero attached hydrogens (tertiary/aromatic N) is 2. The van der Waals surface area contributed by atoms with Gasteiger partial charge in [-0.15, -0.1) is 0 Å². The van der Waals surface area contributed by atoms with Gasteiger partial charge >= 0.3 is 0 Å². The number of hydrogen-bond donors (Lipinski definition) is 1. The maximum atomic E-state index is 12.8. The summed E-state index contributed by atoms with van der Waals surface area (Å²) in [4.78, 5) is 25.8. The van der Waals surface area contributed by atoms with Gasteiger partial charge in [0.05, 0.1) is 10.5 Å². The molecule has 0 spiro atoms. The molecule has 0 bridgehead atoms. The molecule has 2 aromatic carbocycles. The average Bonchev–Trinajstić information content (AvgIpc) is 3.14. The van der Waals surface area contributed by atoms with Crippen molar-refractivity contribution in [1.82, 2.24) is 15.0 Å². The van der Waals surface area contributed by atoms with E-state index in [9.17, 15) is 9.59 Å². The van der Waals surface area contributed by atoms with Gasteiger partial charge in [-0.2, -0.15) is 5.01 Å². The quantitative estimate of drug-likeness (QED) is 0.451. The predicted molar refractivity (Wildman–Crippen MR) is 120 cm³/mol. The summed E-state index contributed by atoms with van der Waals surface area (Å²) < 4.78 is 2.94. The average molecular weight is 472 g/mol. The number of carbonyl (C=O) groups excluding carboxylic acids is 2. The third-order valence-corrected chi connectivity index (χ3v) is 6.33. The Morgan fingerprint density at radius 2 is 1.89 bits per heavy atom. The molecule has 3 aromatic rings. The molecule has 5 nitrogen and oxygen atoms in total. The van der Waals surface area contributed by atoms with E-state index in [2.05, 4.69) is 21.4 Å². The van der Waals surface area contributed by atoms with Crippen LogP contribution in [0.5, 0.6) is 0 Å². The molecule has 140 valence electrons. The summed E-state index contributed by atoms with van der Waals surface area (Å²) in [6, 6.07) is 15.0. The molecule has 1 N–H and O–H groups in total. The summed E-state index contributed by atoms with van der Waals surface area (Å²) in [6.45, 7) is 0. The lowest BCUT2D eigenvalue weighted by Crippen LogP contribution is -2.44. The van der Waals surface area contributed by atoms with E-state index in [1.165, 1.54) is 11.8 Å². The minimum atomic E-state index is -0.407. The van der Waals surface area contributed by atoms with Crippen LogP contribution >= 0.6 is 39.9 Å². The summed E-state index contributed by atoms with van der Waals surface area (Å²) in [5.74, 6) is -0.751. The van der Waals surface area contributed by atoms with E-state index in [1.54, 1.807) is 18.2 Å². The molecule has 2 heterocycles. The topological polar surface area (TPSA) is 54.3 Å². The third-order valence-electron chi connectivity index (χ3n) is 4.34. The van der Waals surface area contributed by atoms with E-state index in [4.69, 9.17) is 12.2 Å². The van der Waals surface area contributed by atoms with Crippen molar-refractivity contribution in [1.29, 1.82) is 0 Å². The monoisotopic (exact) mass is 471 g/mol. The summed E-state index contributed by atoms with van der Waals surface area (Å²) in [7, 11) is 1.96. The molecule has 1 aromatic heterocycles. The van der Waals surface area contributed by atoms with Crippen molar-refractivity contribution >= 4 is 73.0 Å². The zero-order chi connectivity index (χ0) is 19.8. The molecule has 0 saturated carbocycles. The molecule has 0 unspecified atom stereocenters. The Hall–Kier alpha value is -2.42. The van der Waals surface area contributed by atoms with Crippen molar-refractivity contribution < 1.29 is 9.59 Å². The molecule has 1 fully saturated rings. The Balaban J connectivity index is 1.61. The molecule has 1 aliphatic heterocycles. The zero-order valence-corrected chi connectivity index (χ0v) is 17.9. The lowest BCUT2D eigenvalue weighted by Gasteiger charge is -2.16. The van der Waals surface area contributed by atoms with E-state index in [0.717, 1.165) is 21.5 Å². The van der Waals surface area contributed by atoms with Gasteiger partial charge in [-0.25, -0.2) is 0 Å². The number of nitrogens with one attached hydrogen (secondary N) is 1. The normalized spacial score (nSPS) is 15.6. The fourth-order valence-electron chi connectivity index (χ4n) is 3.00. The molecule has 8 heteroatoms. The molecule has 0 radical (unpaired) electrons. The van der Waals surface area contributed by atoms with E-state index in [-0.39, 0.29) is 10.2 Å². The lowest BCUT2D eigenvalue weighted by molar-refractivity contribution is -0.123. The molecule has 0 atom stereocenters. The highest BCUT2D eigenvalue weighted by Gasteiger charge is 2.34. The maximum Gasteiger partial charge on any atom is 0.285 e. The highest BCUT2D eigenvalue weighted by atomic mass is 79.9. The molecule has 1 saturated heterocycles. The van der Waals surface area contributed by atoms with Crippen molar-refractivity contribution in [2.45, 2.75) is 0 Å². The summed E-state index contributed by atoms with van der Waals surface area (Å²) >= 11 is 9.82. The van der Waals surface area contributed by atoms with Crippen molar-refractivity contribution in [2.75, 3.05) is 0 Å². The Labute approximate surface area is 179 Å². The second-order valence-electron chi connectivity index (χ2n) is 6.15. The minimum absolute atomic E-state index is 0.289. The van der Waals surface area contributed by atoms with Crippen LogP contribution in [0, 0.1) is 0 Å². The number of benzene rings is 2. The number of aryl methyl sites for hydroxylation is 1. The number of hydrazine groups is 1. The largest absolute Gasteiger partial charge is 0.350 e. The number of halogens is 1. The van der Waals surface area contributed by atoms with Gasteiger partial charge in [0.15, 0.2) is 4.32 Å². The number of para-hydroxylation sites is 1. The standard InChI is InChI=1S/C20H14BrN3O2S2/c1-23-11-12(13-6-3-5-9-16(13)23)10-17-19(26)24(20(27)28-17)22-18(25)14-7-2-4-8-15(14)21/h2-11H,1H3,(H,22,25). The molecule has 4 rings (SSSR count). The first kappa shape index (κ1) is 18.9. The second kappa shape index (κ2) is 7.54. The maximum absolute atomic E-state index is 12.8. The molecular weight excluding hydrogens is 458 g/mol. The molecular formula is C20H14BrN3O2S2. The zero-order valence-electron chi connectivity index (χ0n) is 14.7. The molecule has 1 aliphatic rings. The van der Waals surface area contributed by atoms with Gasteiger partial charge in [-0.05, 0) is 52.4 Å². The van der Waals surface area contributed by atoms with Gasteiger partial charge < -0.3 is 4.57 Å². The van der Waals surface area contributed by atoms with Crippen LogP contribution in [0.3, 0.4) is 0 Å². The van der Waals surface area contributed by atoms with E-state index in [1.807, 2.05) is 54.2 Å². The highest BCUT2D eigenvalue weighted by Crippen LogP contribution is 2.33. The van der Waals surface area contributed by atoms with Gasteiger partial charge in [-0.1, -0.05) is 42.1 Å². The summed E-state index contributed by atoms with van der Waals surface area (Å²) in [5, 5.41) is 2.17. The van der Waals surface area contributed by atoms with Crippen LogP contribution in [-0.4, -0.2) is 25.7 Å². The Bertz CT molecular complexity index is 1170. The van der Waals surface area contributed by atoms with Crippen molar-refractivity contribution in [3.63, 3.8) is 0 Å². The first-order chi connectivity index (χ1) is 13.5. The van der Waals surface area contributed by atoms with Gasteiger partial charge in [-0.3, -0.25) is 15.0 Å². The smallest absolute Gasteiger partial charge is 0.285 e. The molecule has 0 aliphatic carbocycles. The number of thioether (sulfide) groups is 1. The number of rotatable bonds is 3. The van der Waals surface area contributed by atoms with E-state index >= 15 is 0 Å². The van der Waals surface area contributed by atoms with Crippen LogP contribution in [0.25, 0.3) is 17.0 Å². The van der Waals surface area contributed by atoms with Gasteiger partial charge in [0.25, 0.3) is 11.8 Å². The number of amides is 2. The first-order valence-electron chi connectivity index (χ1n) is 8.33. The SMILES string of the molecule is Cn1cc(C=C2SC(=S)N(NC(=O)c3ccccc3Br)C2=O)c2ccccc21. The fraction of sp³-hybridized carbons (Fsp3) is 0.0500. The van der Waals surface area contributed by atoms with E-state index in [0.29, 0.717) is 14.9 Å². The van der Waals surface area contributed by atoms with E-state index < -0.39 is 5.91 Å². The number of carbonyl (C=O) groups is 2. The highest BCUT2D eigenvalue weighted by molar-refractivity contribution is 9.10. The summed E-state index contributed by atoms with van der Waals surface area (Å²) in [5.41, 5.74) is 5.03. The third kappa shape index (κ3) is 3.39. The van der Waals surface area contributed by atoms with Crippen LogP contribution in [0.1, 0.15) is 15.9 Å². The Morgan fingerprint density at radius 3 is 2.68 bits per heavy atom. The van der Waals surface area contributed by atoms with Crippen LogP contribution < -0.4 is 5.43 Å². The van der Waals surface area contributed by atoms with Crippen molar-refractivity contribution in [3.05, 3.63) is 75.2 Å². The van der Waals surface area contributed by atoms with Crippen LogP contribution in [0.15, 0.2) is 64.1 Å².